The average Bonchev–Trinajstić information content (AvgIpc) is 3.67. The predicted molar refractivity (Wildman–Crippen MR) is 335 cm³/mol. The lowest BCUT2D eigenvalue weighted by molar-refractivity contribution is 0.475. The molecular weight excluding hydrogens is 969 g/mol. The molecule has 0 spiro atoms. The van der Waals surface area contributed by atoms with E-state index in [9.17, 15) is 10.2 Å². The molecule has 13 rings (SSSR count). The second-order valence-corrected chi connectivity index (χ2v) is 20.1. The number of aromatic hydroxyl groups is 2. The smallest absolute Gasteiger partial charge is 0.115 e. The van der Waals surface area contributed by atoms with E-state index in [0.717, 1.165) is 134 Å². The normalized spacial score (nSPS) is 11.1. The van der Waals surface area contributed by atoms with Crippen LogP contribution in [0.25, 0.3) is 134 Å². The highest BCUT2D eigenvalue weighted by atomic mass is 16.3. The molecule has 0 amide bonds. The van der Waals surface area contributed by atoms with Gasteiger partial charge >= 0.3 is 0 Å². The summed E-state index contributed by atoms with van der Waals surface area (Å²) in [5, 5.41) is 21.8. The molecule has 0 fully saturated rings. The third-order valence-electron chi connectivity index (χ3n) is 15.3. The zero-order valence-corrected chi connectivity index (χ0v) is 43.9. The minimum atomic E-state index is 0.205. The van der Waals surface area contributed by atoms with E-state index in [1.165, 1.54) is 0 Å². The monoisotopic (exact) mass is 1020 g/mol. The van der Waals surface area contributed by atoms with E-state index in [4.69, 9.17) is 0 Å². The molecule has 13 aromatic rings. The van der Waals surface area contributed by atoms with Crippen LogP contribution in [0, 0.1) is 0 Å². The summed E-state index contributed by atoms with van der Waals surface area (Å²) in [5.74, 6) is 0.414. The summed E-state index contributed by atoms with van der Waals surface area (Å²) < 4.78 is 0. The van der Waals surface area contributed by atoms with Gasteiger partial charge in [-0.3, -0.25) is 0 Å². The molecule has 13 aromatic carbocycles. The zero-order valence-electron chi connectivity index (χ0n) is 43.9. The second-order valence-electron chi connectivity index (χ2n) is 20.1. The molecule has 0 radical (unpaired) electrons. The molecule has 0 aliphatic heterocycles. The first kappa shape index (κ1) is 49.1. The maximum Gasteiger partial charge on any atom is 0.115 e. The Morgan fingerprint density at radius 1 is 0.113 bits per heavy atom. The fourth-order valence-electron chi connectivity index (χ4n) is 11.9. The summed E-state index contributed by atoms with van der Waals surface area (Å²) >= 11 is 0. The Morgan fingerprint density at radius 3 is 0.338 bits per heavy atom. The molecule has 0 atom stereocenters. The van der Waals surface area contributed by atoms with E-state index >= 15 is 0 Å². The van der Waals surface area contributed by atoms with E-state index < -0.39 is 0 Å². The van der Waals surface area contributed by atoms with Crippen LogP contribution in [0.2, 0.25) is 0 Å². The molecule has 80 heavy (non-hydrogen) atoms. The molecule has 0 heterocycles. The Balaban J connectivity index is 1.21. The summed E-state index contributed by atoms with van der Waals surface area (Å²) in [6, 6.07) is 111. The molecule has 0 bridgehead atoms. The van der Waals surface area contributed by atoms with Crippen molar-refractivity contribution in [2.24, 2.45) is 0 Å². The summed E-state index contributed by atoms with van der Waals surface area (Å²) in [4.78, 5) is 0. The van der Waals surface area contributed by atoms with Crippen LogP contribution in [0.4, 0.5) is 0 Å². The molecule has 0 unspecified atom stereocenters. The minimum absolute atomic E-state index is 0.205. The SMILES string of the molecule is Oc1ccc(-c2c(-c3ccccc3)c(-c3ccccc3)c(-c3ccccc3)c(-c3ccc(-c4c(-c5ccccc5)c(-c5ccccc5)c(-c5ccccc5)c(-c5ccccc5)c4-c4ccc(O)cc4)cc3)c2-c2ccccc2)cc1. The molecular formula is C78H54O2. The van der Waals surface area contributed by atoms with Gasteiger partial charge in [0.15, 0.2) is 0 Å². The third kappa shape index (κ3) is 9.25. The van der Waals surface area contributed by atoms with Gasteiger partial charge in [0, 0.05) is 0 Å². The van der Waals surface area contributed by atoms with Crippen LogP contribution in [-0.4, -0.2) is 10.2 Å². The Morgan fingerprint density at radius 2 is 0.212 bits per heavy atom. The van der Waals surface area contributed by atoms with Crippen molar-refractivity contribution in [1.29, 1.82) is 0 Å². The van der Waals surface area contributed by atoms with Crippen LogP contribution < -0.4 is 0 Å². The average molecular weight is 1020 g/mol. The minimum Gasteiger partial charge on any atom is -0.508 e. The first-order valence-corrected chi connectivity index (χ1v) is 27.2. The standard InChI is InChI=1S/C78H54O2/c79-65-49-45-63(46-50-65)77-72(58-35-19-6-20-36-58)69(55-29-13-3-14-30-55)70(56-31-15-4-16-32-56)75(74(77)60-39-23-8-24-40-60)61-41-43-62(44-42-61)76-71(57-33-17-5-18-34-57)67(53-25-9-1-10-26-53)68(54-27-11-2-12-28-54)73(59-37-21-7-22-38-59)78(76)64-47-51-66(80)52-48-64/h1-52,79-80H. The van der Waals surface area contributed by atoms with Crippen molar-refractivity contribution in [3.63, 3.8) is 0 Å². The largest absolute Gasteiger partial charge is 0.508 e. The highest BCUT2D eigenvalue weighted by Gasteiger charge is 2.32. The fourth-order valence-corrected chi connectivity index (χ4v) is 11.9. The fraction of sp³-hybridized carbons (Fsp3) is 0. The van der Waals surface area contributed by atoms with Crippen molar-refractivity contribution in [1.82, 2.24) is 0 Å². The van der Waals surface area contributed by atoms with Gasteiger partial charge in [-0.25, -0.2) is 0 Å². The molecule has 2 heteroatoms. The van der Waals surface area contributed by atoms with Crippen molar-refractivity contribution in [3.8, 4) is 145 Å². The van der Waals surface area contributed by atoms with Gasteiger partial charge in [0.25, 0.3) is 0 Å². The number of hydrogen-bond acceptors (Lipinski definition) is 2. The molecule has 0 aromatic heterocycles. The van der Waals surface area contributed by atoms with E-state index in [0.29, 0.717) is 0 Å². The van der Waals surface area contributed by atoms with Gasteiger partial charge in [-0.15, -0.1) is 0 Å². The Bertz CT molecular complexity index is 4240. The van der Waals surface area contributed by atoms with Crippen LogP contribution in [0.3, 0.4) is 0 Å². The molecule has 0 aliphatic rings. The second kappa shape index (κ2) is 21.8. The molecule has 378 valence electrons. The van der Waals surface area contributed by atoms with Gasteiger partial charge in [-0.2, -0.15) is 0 Å². The number of phenolic OH excluding ortho intramolecular Hbond substituents is 2. The quantitative estimate of drug-likeness (QED) is 0.128. The van der Waals surface area contributed by atoms with Gasteiger partial charge in [-0.1, -0.05) is 291 Å². The predicted octanol–water partition coefficient (Wildman–Crippen LogP) is 21.1. The van der Waals surface area contributed by atoms with Crippen LogP contribution in [0.15, 0.2) is 315 Å². The van der Waals surface area contributed by atoms with Gasteiger partial charge in [-0.05, 0) is 158 Å². The topological polar surface area (TPSA) is 40.5 Å². The highest BCUT2D eigenvalue weighted by Crippen LogP contribution is 2.59. The van der Waals surface area contributed by atoms with E-state index in [-0.39, 0.29) is 11.5 Å². The van der Waals surface area contributed by atoms with Gasteiger partial charge in [0.2, 0.25) is 0 Å². The lowest BCUT2D eigenvalue weighted by Gasteiger charge is -2.29. The van der Waals surface area contributed by atoms with Crippen LogP contribution in [-0.2, 0) is 0 Å². The van der Waals surface area contributed by atoms with Crippen molar-refractivity contribution >= 4 is 0 Å². The molecule has 0 aliphatic carbocycles. The third-order valence-corrected chi connectivity index (χ3v) is 15.3. The molecule has 2 nitrogen and oxygen atoms in total. The summed E-state index contributed by atoms with van der Waals surface area (Å²) in [6.45, 7) is 0. The molecule has 0 saturated heterocycles. The zero-order chi connectivity index (χ0) is 53.8. The number of rotatable bonds is 12. The van der Waals surface area contributed by atoms with Gasteiger partial charge in [0.1, 0.15) is 11.5 Å². The summed E-state index contributed by atoms with van der Waals surface area (Å²) in [6.07, 6.45) is 0. The first-order chi connectivity index (χ1) is 39.6. The van der Waals surface area contributed by atoms with Crippen LogP contribution in [0.5, 0.6) is 11.5 Å². The number of phenols is 2. The molecule has 0 saturated carbocycles. The van der Waals surface area contributed by atoms with Crippen molar-refractivity contribution in [2.75, 3.05) is 0 Å². The number of benzene rings is 13. The van der Waals surface area contributed by atoms with E-state index in [2.05, 4.69) is 291 Å². The Labute approximate surface area is 468 Å². The van der Waals surface area contributed by atoms with E-state index in [1.54, 1.807) is 24.3 Å². The van der Waals surface area contributed by atoms with Crippen molar-refractivity contribution in [2.45, 2.75) is 0 Å². The van der Waals surface area contributed by atoms with Gasteiger partial charge < -0.3 is 10.2 Å². The van der Waals surface area contributed by atoms with Crippen molar-refractivity contribution < 1.29 is 10.2 Å². The lowest BCUT2D eigenvalue weighted by atomic mass is 9.73. The maximum absolute atomic E-state index is 10.9. The maximum atomic E-state index is 10.9. The summed E-state index contributed by atoms with van der Waals surface area (Å²) in [5.41, 5.74) is 25.9. The van der Waals surface area contributed by atoms with Crippen molar-refractivity contribution in [3.05, 3.63) is 315 Å². The Hall–Kier alpha value is -10.5. The highest BCUT2D eigenvalue weighted by molar-refractivity contribution is 6.17. The molecule has 2 N–H and O–H groups in total. The summed E-state index contributed by atoms with van der Waals surface area (Å²) in [7, 11) is 0. The Kier molecular flexibility index (Phi) is 13.4. The first-order valence-electron chi connectivity index (χ1n) is 27.2. The van der Waals surface area contributed by atoms with Crippen LogP contribution in [0.1, 0.15) is 0 Å². The van der Waals surface area contributed by atoms with E-state index in [1.807, 2.05) is 0 Å². The van der Waals surface area contributed by atoms with Crippen LogP contribution >= 0.6 is 0 Å². The number of hydrogen-bond donors (Lipinski definition) is 2. The van der Waals surface area contributed by atoms with Gasteiger partial charge in [0.05, 0.1) is 0 Å². The lowest BCUT2D eigenvalue weighted by Crippen LogP contribution is -2.03.